The topological polar surface area (TPSA) is 20.2 Å². The first-order valence-electron chi connectivity index (χ1n) is 3.65. The summed E-state index contributed by atoms with van der Waals surface area (Å²) in [6.45, 7) is 0. The zero-order valence-electron chi connectivity index (χ0n) is 7.05. The summed E-state index contributed by atoms with van der Waals surface area (Å²) in [7, 11) is 0. The average molecular weight is 261 g/mol. The highest BCUT2D eigenvalue weighted by molar-refractivity contribution is 8.00. The Morgan fingerprint density at radius 1 is 1.07 bits per heavy atom. The van der Waals surface area contributed by atoms with Gasteiger partial charge in [0.2, 0.25) is 0 Å². The van der Waals surface area contributed by atoms with Gasteiger partial charge in [0, 0.05) is 4.90 Å². The number of aromatic hydroxyl groups is 1. The third-order valence-electron chi connectivity index (χ3n) is 1.41. The number of hydrogen-bond donors (Lipinski definition) is 1. The van der Waals surface area contributed by atoms with Gasteiger partial charge in [-0.25, -0.2) is 0 Å². The van der Waals surface area contributed by atoms with Crippen LogP contribution in [0.5, 0.6) is 5.75 Å². The predicted molar refractivity (Wildman–Crippen MR) is 49.7 cm³/mol. The molecule has 1 aromatic rings. The van der Waals surface area contributed by atoms with E-state index in [1.807, 2.05) is 0 Å². The molecule has 0 atom stereocenters. The molecular weight excluding hydrogens is 256 g/mol. The Hall–Kier alpha value is -0.620. The molecule has 1 N–H and O–H groups in total. The maximum absolute atomic E-state index is 12.7. The number of phenols is 1. The molecule has 0 heterocycles. The summed E-state index contributed by atoms with van der Waals surface area (Å²) in [4.78, 5) is -0.113. The first kappa shape index (κ1) is 12.4. The lowest BCUT2D eigenvalue weighted by Gasteiger charge is -2.19. The van der Waals surface area contributed by atoms with Crippen LogP contribution in [0.1, 0.15) is 0 Å². The van der Waals surface area contributed by atoms with Gasteiger partial charge in [-0.1, -0.05) is 0 Å². The van der Waals surface area contributed by atoms with Crippen molar-refractivity contribution in [1.29, 1.82) is 0 Å². The van der Waals surface area contributed by atoms with Crippen molar-refractivity contribution < 1.29 is 22.7 Å². The highest BCUT2D eigenvalue weighted by Gasteiger charge is 2.55. The normalized spacial score (nSPS) is 12.9. The lowest BCUT2D eigenvalue weighted by molar-refractivity contribution is -0.0897. The molecule has 1 aromatic carbocycles. The van der Waals surface area contributed by atoms with Crippen LogP contribution in [0.15, 0.2) is 29.2 Å². The van der Waals surface area contributed by atoms with Crippen LogP contribution in [0.4, 0.5) is 17.6 Å². The summed E-state index contributed by atoms with van der Waals surface area (Å²) in [5.74, 6) is -0.139. The number of rotatable bonds is 3. The van der Waals surface area contributed by atoms with Crippen LogP contribution in [-0.4, -0.2) is 15.7 Å². The molecule has 0 radical (unpaired) electrons. The first-order valence-corrected chi connectivity index (χ1v) is 4.84. The van der Waals surface area contributed by atoms with Crippen molar-refractivity contribution in [3.05, 3.63) is 24.3 Å². The van der Waals surface area contributed by atoms with Crippen molar-refractivity contribution in [2.75, 3.05) is 0 Å². The van der Waals surface area contributed by atoms with E-state index in [1.165, 1.54) is 0 Å². The van der Waals surface area contributed by atoms with Crippen LogP contribution in [0, 0.1) is 0 Å². The highest BCUT2D eigenvalue weighted by atomic mass is 35.5. The van der Waals surface area contributed by atoms with Crippen molar-refractivity contribution >= 4 is 23.4 Å². The summed E-state index contributed by atoms with van der Waals surface area (Å²) in [5, 5.41) is -0.169. The maximum atomic E-state index is 12.7. The van der Waals surface area contributed by atoms with Gasteiger partial charge in [0.05, 0.1) is 0 Å². The van der Waals surface area contributed by atoms with E-state index in [1.54, 1.807) is 0 Å². The summed E-state index contributed by atoms with van der Waals surface area (Å²) >= 11 is 3.89. The Morgan fingerprint density at radius 3 is 1.93 bits per heavy atom. The lowest BCUT2D eigenvalue weighted by Crippen LogP contribution is -2.31. The zero-order chi connectivity index (χ0) is 11.7. The molecule has 0 saturated carbocycles. The van der Waals surface area contributed by atoms with Gasteiger partial charge in [-0.2, -0.15) is 17.6 Å². The SMILES string of the molecule is Oc1ccc(SC(F)(F)C(F)(F)Cl)cc1. The summed E-state index contributed by atoms with van der Waals surface area (Å²) < 4.78 is 49.9. The molecule has 7 heteroatoms. The first-order chi connectivity index (χ1) is 6.72. The number of alkyl halides is 5. The second-order valence-electron chi connectivity index (χ2n) is 2.61. The van der Waals surface area contributed by atoms with E-state index in [0.29, 0.717) is 0 Å². The molecule has 0 amide bonds. The minimum absolute atomic E-state index is 0.113. The fourth-order valence-corrected chi connectivity index (χ4v) is 1.52. The number of benzene rings is 1. The van der Waals surface area contributed by atoms with E-state index in [2.05, 4.69) is 11.6 Å². The van der Waals surface area contributed by atoms with E-state index in [9.17, 15) is 17.6 Å². The minimum atomic E-state index is -4.62. The predicted octanol–water partition coefficient (Wildman–Crippen LogP) is 3.91. The Morgan fingerprint density at radius 2 is 1.53 bits per heavy atom. The smallest absolute Gasteiger partial charge is 0.394 e. The van der Waals surface area contributed by atoms with Gasteiger partial charge in [0.25, 0.3) is 0 Å². The van der Waals surface area contributed by atoms with Crippen LogP contribution in [0.25, 0.3) is 0 Å². The molecule has 1 rings (SSSR count). The van der Waals surface area contributed by atoms with E-state index in [4.69, 9.17) is 5.11 Å². The van der Waals surface area contributed by atoms with Gasteiger partial charge in [-0.15, -0.1) is 0 Å². The van der Waals surface area contributed by atoms with Crippen LogP contribution in [0.2, 0.25) is 0 Å². The fourth-order valence-electron chi connectivity index (χ4n) is 0.720. The van der Waals surface area contributed by atoms with Crippen LogP contribution in [0.3, 0.4) is 0 Å². The van der Waals surface area contributed by atoms with Crippen LogP contribution >= 0.6 is 23.4 Å². The summed E-state index contributed by atoms with van der Waals surface area (Å²) in [6.07, 6.45) is 0. The van der Waals surface area contributed by atoms with Gasteiger partial charge in [0.1, 0.15) is 5.75 Å². The van der Waals surface area contributed by atoms with E-state index in [0.717, 1.165) is 24.3 Å². The molecule has 0 aromatic heterocycles. The van der Waals surface area contributed by atoms with E-state index in [-0.39, 0.29) is 22.4 Å². The Bertz CT molecular complexity index is 335. The molecule has 84 valence electrons. The molecule has 0 aliphatic carbocycles. The molecule has 0 aliphatic rings. The zero-order valence-corrected chi connectivity index (χ0v) is 8.63. The largest absolute Gasteiger partial charge is 0.508 e. The van der Waals surface area contributed by atoms with Crippen molar-refractivity contribution in [1.82, 2.24) is 0 Å². The quantitative estimate of drug-likeness (QED) is 0.505. The number of thioether (sulfide) groups is 1. The fraction of sp³-hybridized carbons (Fsp3) is 0.250. The number of hydrogen-bond acceptors (Lipinski definition) is 2. The molecule has 1 nitrogen and oxygen atoms in total. The van der Waals surface area contributed by atoms with Gasteiger partial charge >= 0.3 is 10.6 Å². The Labute approximate surface area is 92.0 Å². The van der Waals surface area contributed by atoms with Gasteiger partial charge in [-0.3, -0.25) is 0 Å². The molecule has 0 bridgehead atoms. The van der Waals surface area contributed by atoms with Gasteiger partial charge < -0.3 is 5.11 Å². The molecule has 0 unspecified atom stereocenters. The average Bonchev–Trinajstić information content (AvgIpc) is 2.06. The van der Waals surface area contributed by atoms with E-state index >= 15 is 0 Å². The second kappa shape index (κ2) is 4.09. The Kier molecular flexibility index (Phi) is 3.40. The highest BCUT2D eigenvalue weighted by Crippen LogP contribution is 2.48. The van der Waals surface area contributed by atoms with Crippen molar-refractivity contribution in [2.24, 2.45) is 0 Å². The molecule has 0 fully saturated rings. The molecule has 15 heavy (non-hydrogen) atoms. The van der Waals surface area contributed by atoms with Gasteiger partial charge in [-0.05, 0) is 47.6 Å². The third kappa shape index (κ3) is 3.17. The van der Waals surface area contributed by atoms with Crippen molar-refractivity contribution in [3.8, 4) is 5.75 Å². The van der Waals surface area contributed by atoms with Crippen LogP contribution < -0.4 is 0 Å². The van der Waals surface area contributed by atoms with Crippen molar-refractivity contribution in [2.45, 2.75) is 15.5 Å². The second-order valence-corrected chi connectivity index (χ2v) is 4.27. The number of phenolic OH excluding ortho intramolecular Hbond substituents is 1. The minimum Gasteiger partial charge on any atom is -0.508 e. The summed E-state index contributed by atoms with van der Waals surface area (Å²) in [5.41, 5.74) is 0. The van der Waals surface area contributed by atoms with E-state index < -0.39 is 10.6 Å². The van der Waals surface area contributed by atoms with Crippen molar-refractivity contribution in [3.63, 3.8) is 0 Å². The molecule has 0 spiro atoms. The maximum Gasteiger partial charge on any atom is 0.394 e. The molecule has 0 aliphatic heterocycles. The number of halogens is 5. The third-order valence-corrected chi connectivity index (χ3v) is 2.78. The standard InChI is InChI=1S/C8H5ClF4OS/c9-7(10,11)8(12,13)15-6-3-1-5(14)2-4-6/h1-4,14H. The molecular formula is C8H5ClF4OS. The van der Waals surface area contributed by atoms with Gasteiger partial charge in [0.15, 0.2) is 0 Å². The monoisotopic (exact) mass is 260 g/mol. The summed E-state index contributed by atoms with van der Waals surface area (Å²) in [6, 6.07) is 4.42. The lowest BCUT2D eigenvalue weighted by atomic mass is 10.3. The molecule has 0 saturated heterocycles. The Balaban J connectivity index is 2.82. The van der Waals surface area contributed by atoms with Crippen LogP contribution in [-0.2, 0) is 0 Å².